The summed E-state index contributed by atoms with van der Waals surface area (Å²) < 4.78 is 26.8. The van der Waals surface area contributed by atoms with Crippen molar-refractivity contribution in [3.8, 4) is 0 Å². The summed E-state index contributed by atoms with van der Waals surface area (Å²) in [7, 11) is 0. The second kappa shape index (κ2) is 11.0. The first-order chi connectivity index (χ1) is 15.5. The summed E-state index contributed by atoms with van der Waals surface area (Å²) in [5.41, 5.74) is 0. The second-order valence-corrected chi connectivity index (χ2v) is 8.32. The van der Waals surface area contributed by atoms with Gasteiger partial charge in [-0.3, -0.25) is 0 Å². The molecule has 0 aromatic rings. The van der Waals surface area contributed by atoms with Crippen molar-refractivity contribution < 1.29 is 74.7 Å². The Hall–Kier alpha value is -0.600. The van der Waals surface area contributed by atoms with E-state index in [-0.39, 0.29) is 0 Å². The summed E-state index contributed by atoms with van der Waals surface area (Å²) in [5.74, 6) is 0. The lowest BCUT2D eigenvalue weighted by Gasteiger charge is -2.48. The van der Waals surface area contributed by atoms with Crippen molar-refractivity contribution in [2.45, 2.75) is 99.0 Å². The van der Waals surface area contributed by atoms with Crippen molar-refractivity contribution >= 4 is 0 Å². The van der Waals surface area contributed by atoms with Gasteiger partial charge in [0.1, 0.15) is 67.1 Å². The highest BCUT2D eigenvalue weighted by Crippen LogP contribution is 2.32. The Kier molecular flexibility index (Phi) is 8.99. The molecule has 10 N–H and O–H groups in total. The predicted molar refractivity (Wildman–Crippen MR) is 99.8 cm³/mol. The molecule has 15 heteroatoms. The molecule has 0 amide bonds. The van der Waals surface area contributed by atoms with Gasteiger partial charge in [0.15, 0.2) is 18.9 Å². The highest BCUT2D eigenvalue weighted by Gasteiger charge is 2.53. The molecule has 3 aliphatic rings. The van der Waals surface area contributed by atoms with Crippen molar-refractivity contribution in [2.75, 3.05) is 13.2 Å². The topological polar surface area (TPSA) is 248 Å². The van der Waals surface area contributed by atoms with Gasteiger partial charge < -0.3 is 74.7 Å². The first-order valence-corrected chi connectivity index (χ1v) is 10.4. The smallest absolute Gasteiger partial charge is 0.187 e. The second-order valence-electron chi connectivity index (χ2n) is 8.32. The maximum absolute atomic E-state index is 10.6. The summed E-state index contributed by atoms with van der Waals surface area (Å²) in [6, 6.07) is 0. The molecule has 15 nitrogen and oxygen atoms in total. The summed E-state index contributed by atoms with van der Waals surface area (Å²) >= 11 is 0. The van der Waals surface area contributed by atoms with Crippen LogP contribution in [0.5, 0.6) is 0 Å². The fourth-order valence-electron chi connectivity index (χ4n) is 3.97. The molecular weight excluding hydrogens is 456 g/mol. The zero-order valence-corrected chi connectivity index (χ0v) is 17.6. The normalized spacial score (nSPS) is 53.7. The third-order valence-corrected chi connectivity index (χ3v) is 6.06. The van der Waals surface area contributed by atoms with Gasteiger partial charge in [0.25, 0.3) is 0 Å². The number of hydrogen-bond donors (Lipinski definition) is 10. The largest absolute Gasteiger partial charge is 0.394 e. The minimum absolute atomic E-state index is 0.731. The third kappa shape index (κ3) is 5.32. The van der Waals surface area contributed by atoms with Gasteiger partial charge in [0, 0.05) is 0 Å². The Morgan fingerprint density at radius 1 is 0.545 bits per heavy atom. The first kappa shape index (κ1) is 27.0. The number of ether oxygens (including phenoxy) is 5. The van der Waals surface area contributed by atoms with Crippen LogP contribution >= 0.6 is 0 Å². The van der Waals surface area contributed by atoms with E-state index < -0.39 is 105 Å². The van der Waals surface area contributed by atoms with Crippen LogP contribution in [0.2, 0.25) is 0 Å². The maximum atomic E-state index is 10.6. The Morgan fingerprint density at radius 2 is 0.970 bits per heavy atom. The van der Waals surface area contributed by atoms with E-state index in [0.29, 0.717) is 0 Å². The monoisotopic (exact) mass is 488 g/mol. The zero-order chi connectivity index (χ0) is 24.6. The van der Waals surface area contributed by atoms with E-state index in [2.05, 4.69) is 0 Å². The maximum Gasteiger partial charge on any atom is 0.187 e. The number of aliphatic hydroxyl groups excluding tert-OH is 10. The predicted octanol–water partition coefficient (Wildman–Crippen LogP) is -6.55. The molecule has 0 bridgehead atoms. The van der Waals surface area contributed by atoms with Gasteiger partial charge in [-0.1, -0.05) is 0 Å². The van der Waals surface area contributed by atoms with E-state index in [1.807, 2.05) is 0 Å². The fourth-order valence-corrected chi connectivity index (χ4v) is 3.97. The molecule has 33 heavy (non-hydrogen) atoms. The van der Waals surface area contributed by atoms with Gasteiger partial charge in [-0.05, 0) is 6.92 Å². The van der Waals surface area contributed by atoms with Crippen LogP contribution in [0.4, 0.5) is 0 Å². The minimum Gasteiger partial charge on any atom is -0.394 e. The van der Waals surface area contributed by atoms with Crippen molar-refractivity contribution in [1.29, 1.82) is 0 Å². The van der Waals surface area contributed by atoms with E-state index in [9.17, 15) is 51.1 Å². The van der Waals surface area contributed by atoms with Crippen LogP contribution in [0.15, 0.2) is 0 Å². The number of rotatable bonds is 6. The Balaban J connectivity index is 1.80. The molecule has 0 aromatic carbocycles. The highest BCUT2D eigenvalue weighted by atomic mass is 16.8. The average molecular weight is 488 g/mol. The molecule has 3 heterocycles. The Morgan fingerprint density at radius 3 is 1.39 bits per heavy atom. The van der Waals surface area contributed by atoms with Gasteiger partial charge in [0.05, 0.1) is 19.3 Å². The van der Waals surface area contributed by atoms with Gasteiger partial charge in [-0.25, -0.2) is 0 Å². The van der Waals surface area contributed by atoms with Gasteiger partial charge in [-0.2, -0.15) is 0 Å². The number of aliphatic hydroxyl groups is 10. The molecule has 194 valence electrons. The zero-order valence-electron chi connectivity index (χ0n) is 17.6. The van der Waals surface area contributed by atoms with Crippen LogP contribution in [-0.2, 0) is 23.7 Å². The first-order valence-electron chi connectivity index (χ1n) is 10.4. The Labute approximate surface area is 187 Å². The lowest BCUT2D eigenvalue weighted by Crippen LogP contribution is -2.66. The van der Waals surface area contributed by atoms with E-state index in [4.69, 9.17) is 23.7 Å². The van der Waals surface area contributed by atoms with Crippen LogP contribution in [0.25, 0.3) is 0 Å². The van der Waals surface area contributed by atoms with Gasteiger partial charge in [0.2, 0.25) is 0 Å². The molecule has 3 rings (SSSR count). The molecule has 0 aromatic heterocycles. The van der Waals surface area contributed by atoms with Crippen LogP contribution in [0.1, 0.15) is 6.92 Å². The molecule has 0 saturated carbocycles. The molecule has 15 atom stereocenters. The van der Waals surface area contributed by atoms with Crippen molar-refractivity contribution in [3.63, 3.8) is 0 Å². The SMILES string of the molecule is C[C@H]1OC(O)[C@H](OC2O[C@H](CO)[C@@H](O)[C@H](O)[C@H]2O)[C@@H](O[C@@H]2O[C@H](CO)[C@@H](O)[C@H](O)[C@H]2O)[C@H]1O. The quantitative estimate of drug-likeness (QED) is 0.167. The molecule has 0 spiro atoms. The van der Waals surface area contributed by atoms with E-state index in [1.54, 1.807) is 0 Å². The lowest BCUT2D eigenvalue weighted by molar-refractivity contribution is -0.385. The van der Waals surface area contributed by atoms with Crippen LogP contribution in [-0.4, -0.2) is 156 Å². The molecule has 0 aliphatic carbocycles. The molecule has 3 aliphatic heterocycles. The van der Waals surface area contributed by atoms with Crippen LogP contribution in [0, 0.1) is 0 Å². The van der Waals surface area contributed by atoms with Crippen molar-refractivity contribution in [3.05, 3.63) is 0 Å². The average Bonchev–Trinajstić information content (AvgIpc) is 2.79. The minimum atomic E-state index is -1.83. The lowest BCUT2D eigenvalue weighted by atomic mass is 9.96. The van der Waals surface area contributed by atoms with Crippen LogP contribution in [0.3, 0.4) is 0 Å². The summed E-state index contributed by atoms with van der Waals surface area (Å²) in [6.45, 7) is -0.0778. The summed E-state index contributed by atoms with van der Waals surface area (Å²) in [4.78, 5) is 0. The summed E-state index contributed by atoms with van der Waals surface area (Å²) in [5, 5.41) is 99.9. The molecule has 2 unspecified atom stereocenters. The van der Waals surface area contributed by atoms with Crippen molar-refractivity contribution in [2.24, 2.45) is 0 Å². The standard InChI is InChI=1S/C18H32O15/c1-4-7(21)14(32-17-12(26)10(24)8(22)5(2-19)30-17)15(16(28)29-4)33-18-13(27)11(25)9(23)6(3-20)31-18/h4-28H,2-3H2,1H3/t4-,5-,6-,7+,8-,9-,10+,11+,12-,13-,14+,15-,16?,17+,18?/m1/s1. The van der Waals surface area contributed by atoms with E-state index in [0.717, 1.165) is 0 Å². The Bertz CT molecular complexity index is 622. The summed E-state index contributed by atoms with van der Waals surface area (Å²) in [6.07, 6.45) is -24.1. The van der Waals surface area contributed by atoms with Gasteiger partial charge >= 0.3 is 0 Å². The third-order valence-electron chi connectivity index (χ3n) is 6.06. The van der Waals surface area contributed by atoms with E-state index in [1.165, 1.54) is 6.92 Å². The molecular formula is C18H32O15. The molecule has 0 radical (unpaired) electrons. The van der Waals surface area contributed by atoms with Crippen LogP contribution < -0.4 is 0 Å². The highest BCUT2D eigenvalue weighted by molar-refractivity contribution is 4.95. The number of hydrogen-bond acceptors (Lipinski definition) is 15. The molecule has 3 saturated heterocycles. The van der Waals surface area contributed by atoms with Crippen molar-refractivity contribution in [1.82, 2.24) is 0 Å². The molecule has 3 fully saturated rings. The fraction of sp³-hybridized carbons (Fsp3) is 1.00. The van der Waals surface area contributed by atoms with E-state index >= 15 is 0 Å². The van der Waals surface area contributed by atoms with Gasteiger partial charge in [-0.15, -0.1) is 0 Å².